The summed E-state index contributed by atoms with van der Waals surface area (Å²) >= 11 is 0. The van der Waals surface area contributed by atoms with Gasteiger partial charge in [-0.25, -0.2) is 9.97 Å². The van der Waals surface area contributed by atoms with Crippen molar-refractivity contribution in [3.8, 4) is 5.88 Å². The standard InChI is InChI=1S/C19H24F3N3O/c1-12(2)9-24-17-8-15(5-6-23-17)14(4)16-7-13(3)18(25-10-16)26-11-19(20,21)22/h5-8,10,12,14H,9,11H2,1-4H3,(H,23,24). The molecule has 0 radical (unpaired) electrons. The van der Waals surface area contributed by atoms with Gasteiger partial charge in [0.15, 0.2) is 6.61 Å². The normalized spacial score (nSPS) is 12.9. The van der Waals surface area contributed by atoms with Crippen LogP contribution >= 0.6 is 0 Å². The van der Waals surface area contributed by atoms with E-state index in [1.165, 1.54) is 0 Å². The summed E-state index contributed by atoms with van der Waals surface area (Å²) in [6, 6.07) is 5.72. The molecule has 7 heteroatoms. The van der Waals surface area contributed by atoms with E-state index in [1.807, 2.05) is 25.1 Å². The number of anilines is 1. The number of hydrogen-bond donors (Lipinski definition) is 1. The Hall–Kier alpha value is -2.31. The molecule has 1 N–H and O–H groups in total. The van der Waals surface area contributed by atoms with Crippen molar-refractivity contribution in [1.82, 2.24) is 9.97 Å². The SMILES string of the molecule is Cc1cc(C(C)c2ccnc(NCC(C)C)c2)cnc1OCC(F)(F)F. The van der Waals surface area contributed by atoms with Crippen molar-refractivity contribution >= 4 is 5.82 Å². The average Bonchev–Trinajstić information content (AvgIpc) is 2.57. The molecule has 4 nitrogen and oxygen atoms in total. The largest absolute Gasteiger partial charge is 0.468 e. The number of alkyl halides is 3. The fourth-order valence-corrected chi connectivity index (χ4v) is 2.44. The summed E-state index contributed by atoms with van der Waals surface area (Å²) in [5.74, 6) is 1.35. The molecule has 2 rings (SSSR count). The van der Waals surface area contributed by atoms with Crippen molar-refractivity contribution in [1.29, 1.82) is 0 Å². The van der Waals surface area contributed by atoms with E-state index in [0.717, 1.165) is 23.5 Å². The van der Waals surface area contributed by atoms with Crippen LogP contribution in [-0.2, 0) is 0 Å². The molecule has 0 saturated carbocycles. The number of rotatable bonds is 7. The fourth-order valence-electron chi connectivity index (χ4n) is 2.44. The van der Waals surface area contributed by atoms with Crippen LogP contribution in [0, 0.1) is 12.8 Å². The Balaban J connectivity index is 2.13. The minimum absolute atomic E-state index is 0.00675. The molecule has 0 aliphatic carbocycles. The predicted octanol–water partition coefficient (Wildman–Crippen LogP) is 4.95. The molecule has 0 bridgehead atoms. The molecule has 1 unspecified atom stereocenters. The Morgan fingerprint density at radius 1 is 1.12 bits per heavy atom. The second-order valence-corrected chi connectivity index (χ2v) is 6.77. The van der Waals surface area contributed by atoms with Crippen LogP contribution in [0.3, 0.4) is 0 Å². The van der Waals surface area contributed by atoms with Gasteiger partial charge in [0.05, 0.1) is 0 Å². The molecule has 2 aromatic rings. The molecule has 2 aromatic heterocycles. The van der Waals surface area contributed by atoms with Gasteiger partial charge in [0.2, 0.25) is 5.88 Å². The highest BCUT2D eigenvalue weighted by molar-refractivity contribution is 5.42. The van der Waals surface area contributed by atoms with E-state index in [9.17, 15) is 13.2 Å². The molecule has 0 fully saturated rings. The zero-order chi connectivity index (χ0) is 19.3. The van der Waals surface area contributed by atoms with Crippen LogP contribution in [0.2, 0.25) is 0 Å². The van der Waals surface area contributed by atoms with Gasteiger partial charge in [-0.1, -0.05) is 20.8 Å². The van der Waals surface area contributed by atoms with Crippen molar-refractivity contribution in [2.45, 2.75) is 39.8 Å². The molecule has 0 aromatic carbocycles. The summed E-state index contributed by atoms with van der Waals surface area (Å²) in [5.41, 5.74) is 2.53. The summed E-state index contributed by atoms with van der Waals surface area (Å²) in [7, 11) is 0. The molecule has 0 aliphatic rings. The first-order valence-electron chi connectivity index (χ1n) is 8.51. The Bertz CT molecular complexity index is 732. The van der Waals surface area contributed by atoms with Crippen LogP contribution in [0.1, 0.15) is 43.4 Å². The van der Waals surface area contributed by atoms with E-state index in [4.69, 9.17) is 4.74 Å². The van der Waals surface area contributed by atoms with Gasteiger partial charge in [-0.3, -0.25) is 0 Å². The molecule has 0 aliphatic heterocycles. The van der Waals surface area contributed by atoms with E-state index in [2.05, 4.69) is 29.1 Å². The van der Waals surface area contributed by atoms with E-state index in [1.54, 1.807) is 19.3 Å². The third kappa shape index (κ3) is 5.89. The van der Waals surface area contributed by atoms with Crippen LogP contribution in [0.5, 0.6) is 5.88 Å². The number of halogens is 3. The molecule has 0 saturated heterocycles. The number of aryl methyl sites for hydroxylation is 1. The lowest BCUT2D eigenvalue weighted by molar-refractivity contribution is -0.154. The Labute approximate surface area is 151 Å². The van der Waals surface area contributed by atoms with Crippen LogP contribution in [-0.4, -0.2) is 29.3 Å². The van der Waals surface area contributed by atoms with Gasteiger partial charge < -0.3 is 10.1 Å². The zero-order valence-corrected chi connectivity index (χ0v) is 15.4. The zero-order valence-electron chi connectivity index (χ0n) is 15.4. The van der Waals surface area contributed by atoms with Crippen LogP contribution in [0.15, 0.2) is 30.6 Å². The Morgan fingerprint density at radius 3 is 2.46 bits per heavy atom. The van der Waals surface area contributed by atoms with Gasteiger partial charge in [0, 0.05) is 30.4 Å². The summed E-state index contributed by atoms with van der Waals surface area (Å²) in [6.07, 6.45) is -1.07. The number of nitrogens with zero attached hydrogens (tertiary/aromatic N) is 2. The maximum atomic E-state index is 12.3. The monoisotopic (exact) mass is 367 g/mol. The number of aromatic nitrogens is 2. The number of pyridine rings is 2. The fraction of sp³-hybridized carbons (Fsp3) is 0.474. The highest BCUT2D eigenvalue weighted by Gasteiger charge is 2.29. The van der Waals surface area contributed by atoms with Gasteiger partial charge >= 0.3 is 6.18 Å². The van der Waals surface area contributed by atoms with Crippen molar-refractivity contribution in [3.05, 3.63) is 47.3 Å². The second-order valence-electron chi connectivity index (χ2n) is 6.77. The molecule has 1 atom stereocenters. The van der Waals surface area contributed by atoms with Gasteiger partial charge in [0.25, 0.3) is 0 Å². The van der Waals surface area contributed by atoms with E-state index >= 15 is 0 Å². The number of hydrogen-bond acceptors (Lipinski definition) is 4. The topological polar surface area (TPSA) is 47.0 Å². The highest BCUT2D eigenvalue weighted by Crippen LogP contribution is 2.28. The molecule has 142 valence electrons. The van der Waals surface area contributed by atoms with Crippen molar-refractivity contribution in [2.24, 2.45) is 5.92 Å². The van der Waals surface area contributed by atoms with Gasteiger partial charge in [0.1, 0.15) is 5.82 Å². The van der Waals surface area contributed by atoms with Crippen LogP contribution in [0.25, 0.3) is 0 Å². The lowest BCUT2D eigenvalue weighted by Gasteiger charge is -2.16. The molecule has 0 spiro atoms. The predicted molar refractivity (Wildman–Crippen MR) is 95.6 cm³/mol. The average molecular weight is 367 g/mol. The first-order chi connectivity index (χ1) is 12.2. The van der Waals surface area contributed by atoms with Gasteiger partial charge in [-0.2, -0.15) is 13.2 Å². The summed E-state index contributed by atoms with van der Waals surface area (Å²) in [5, 5.41) is 3.29. The molecular weight excluding hydrogens is 343 g/mol. The Kier molecular flexibility index (Phi) is 6.45. The summed E-state index contributed by atoms with van der Waals surface area (Å²) in [4.78, 5) is 8.37. The van der Waals surface area contributed by atoms with E-state index in [0.29, 0.717) is 11.5 Å². The minimum atomic E-state index is -4.38. The molecule has 26 heavy (non-hydrogen) atoms. The molecule has 2 heterocycles. The third-order valence-corrected chi connectivity index (χ3v) is 3.90. The highest BCUT2D eigenvalue weighted by atomic mass is 19.4. The quantitative estimate of drug-likeness (QED) is 0.752. The first kappa shape index (κ1) is 20.0. The van der Waals surface area contributed by atoms with Gasteiger partial charge in [-0.05, 0) is 42.2 Å². The molecular formula is C19H24F3N3O. The summed E-state index contributed by atoms with van der Waals surface area (Å²) in [6.45, 7) is 7.44. The minimum Gasteiger partial charge on any atom is -0.468 e. The summed E-state index contributed by atoms with van der Waals surface area (Å²) < 4.78 is 41.6. The number of ether oxygens (including phenoxy) is 1. The lowest BCUT2D eigenvalue weighted by Crippen LogP contribution is -2.20. The third-order valence-electron chi connectivity index (χ3n) is 3.90. The van der Waals surface area contributed by atoms with Gasteiger partial charge in [-0.15, -0.1) is 0 Å². The van der Waals surface area contributed by atoms with Crippen molar-refractivity contribution in [2.75, 3.05) is 18.5 Å². The van der Waals surface area contributed by atoms with Crippen LogP contribution in [0.4, 0.5) is 19.0 Å². The molecule has 0 amide bonds. The second kappa shape index (κ2) is 8.38. The maximum absolute atomic E-state index is 12.3. The van der Waals surface area contributed by atoms with E-state index < -0.39 is 12.8 Å². The van der Waals surface area contributed by atoms with Crippen molar-refractivity contribution < 1.29 is 17.9 Å². The first-order valence-corrected chi connectivity index (χ1v) is 8.51. The lowest BCUT2D eigenvalue weighted by atomic mass is 9.94. The van der Waals surface area contributed by atoms with Crippen LogP contribution < -0.4 is 10.1 Å². The Morgan fingerprint density at radius 2 is 1.85 bits per heavy atom. The van der Waals surface area contributed by atoms with E-state index in [-0.39, 0.29) is 11.8 Å². The number of nitrogens with one attached hydrogen (secondary N) is 1. The maximum Gasteiger partial charge on any atom is 0.422 e. The van der Waals surface area contributed by atoms with Crippen molar-refractivity contribution in [3.63, 3.8) is 0 Å². The smallest absolute Gasteiger partial charge is 0.422 e.